The highest BCUT2D eigenvalue weighted by atomic mass is 19.1. The van der Waals surface area contributed by atoms with E-state index in [1.165, 1.54) is 12.1 Å². The maximum absolute atomic E-state index is 13.4. The molecular weight excluding hydrogens is 311 g/mol. The number of fused-ring (bicyclic) bond motifs is 1. The maximum Gasteiger partial charge on any atom is 0.240 e. The molecule has 0 spiro atoms. The van der Waals surface area contributed by atoms with Crippen LogP contribution in [0.1, 0.15) is 50.1 Å². The molecule has 0 radical (unpaired) electrons. The number of likely N-dealkylation sites (tertiary alicyclic amines) is 1. The maximum atomic E-state index is 13.4. The molecule has 6 heteroatoms. The predicted molar refractivity (Wildman–Crippen MR) is 87.1 cm³/mol. The van der Waals surface area contributed by atoms with Crippen molar-refractivity contribution in [3.63, 3.8) is 0 Å². The topological polar surface area (TPSA) is 58.6 Å². The Labute approximate surface area is 141 Å². The van der Waals surface area contributed by atoms with Crippen LogP contribution >= 0.6 is 0 Å². The van der Waals surface area contributed by atoms with Crippen LogP contribution in [-0.2, 0) is 9.59 Å². The van der Waals surface area contributed by atoms with Gasteiger partial charge in [-0.05, 0) is 31.7 Å². The van der Waals surface area contributed by atoms with E-state index in [2.05, 4.69) is 5.32 Å². The molecule has 0 bridgehead atoms. The molecule has 2 amide bonds. The van der Waals surface area contributed by atoms with E-state index in [1.54, 1.807) is 11.0 Å². The van der Waals surface area contributed by atoms with Crippen molar-refractivity contribution < 1.29 is 18.7 Å². The molecule has 2 aliphatic rings. The van der Waals surface area contributed by atoms with Crippen molar-refractivity contribution in [3.05, 3.63) is 29.6 Å². The third-order valence-electron chi connectivity index (χ3n) is 4.59. The minimum absolute atomic E-state index is 0.0503. The molecule has 5 nitrogen and oxygen atoms in total. The van der Waals surface area contributed by atoms with Crippen LogP contribution in [0.2, 0.25) is 0 Å². The zero-order valence-electron chi connectivity index (χ0n) is 13.7. The molecule has 24 heavy (non-hydrogen) atoms. The molecular formula is C18H23FN2O3. The van der Waals surface area contributed by atoms with E-state index in [0.717, 1.165) is 37.7 Å². The third-order valence-corrected chi connectivity index (χ3v) is 4.59. The van der Waals surface area contributed by atoms with Crippen LogP contribution in [0.15, 0.2) is 18.2 Å². The van der Waals surface area contributed by atoms with Gasteiger partial charge in [0, 0.05) is 24.6 Å². The van der Waals surface area contributed by atoms with Gasteiger partial charge >= 0.3 is 0 Å². The van der Waals surface area contributed by atoms with Crippen LogP contribution in [0.3, 0.4) is 0 Å². The fourth-order valence-corrected chi connectivity index (χ4v) is 3.32. The molecule has 1 atom stereocenters. The Bertz CT molecular complexity index is 620. The summed E-state index contributed by atoms with van der Waals surface area (Å²) in [6.07, 6.45) is 4.91. The fourth-order valence-electron chi connectivity index (χ4n) is 3.32. The fraction of sp³-hybridized carbons (Fsp3) is 0.556. The van der Waals surface area contributed by atoms with E-state index in [1.807, 2.05) is 0 Å². The lowest BCUT2D eigenvalue weighted by molar-refractivity contribution is -0.135. The van der Waals surface area contributed by atoms with E-state index in [-0.39, 0.29) is 30.2 Å². The molecule has 1 fully saturated rings. The molecule has 2 aliphatic heterocycles. The van der Waals surface area contributed by atoms with Crippen LogP contribution in [0.25, 0.3) is 0 Å². The molecule has 1 unspecified atom stereocenters. The number of carbonyl (C=O) groups is 2. The van der Waals surface area contributed by atoms with Gasteiger partial charge in [0.05, 0.1) is 19.2 Å². The highest BCUT2D eigenvalue weighted by molar-refractivity contribution is 5.85. The first-order valence-electron chi connectivity index (χ1n) is 8.63. The van der Waals surface area contributed by atoms with Gasteiger partial charge in [-0.15, -0.1) is 0 Å². The lowest BCUT2D eigenvalue weighted by Gasteiger charge is -2.23. The Hall–Kier alpha value is -2.11. The largest absolute Gasteiger partial charge is 0.493 e. The second kappa shape index (κ2) is 7.64. The second-order valence-corrected chi connectivity index (χ2v) is 6.42. The van der Waals surface area contributed by atoms with Crippen molar-refractivity contribution in [3.8, 4) is 5.75 Å². The number of rotatable bonds is 3. The van der Waals surface area contributed by atoms with E-state index in [9.17, 15) is 14.0 Å². The Morgan fingerprint density at radius 2 is 2.17 bits per heavy atom. The van der Waals surface area contributed by atoms with E-state index in [0.29, 0.717) is 25.3 Å². The van der Waals surface area contributed by atoms with Crippen molar-refractivity contribution in [2.45, 2.75) is 44.6 Å². The average Bonchev–Trinajstić information content (AvgIpc) is 2.86. The molecule has 0 aromatic heterocycles. The first kappa shape index (κ1) is 16.7. The van der Waals surface area contributed by atoms with E-state index >= 15 is 0 Å². The van der Waals surface area contributed by atoms with Crippen molar-refractivity contribution >= 4 is 11.8 Å². The lowest BCUT2D eigenvalue weighted by Crippen LogP contribution is -2.41. The van der Waals surface area contributed by atoms with Crippen LogP contribution < -0.4 is 10.1 Å². The van der Waals surface area contributed by atoms with Crippen molar-refractivity contribution in [1.29, 1.82) is 0 Å². The van der Waals surface area contributed by atoms with Crippen molar-refractivity contribution in [1.82, 2.24) is 10.2 Å². The zero-order chi connectivity index (χ0) is 16.9. The van der Waals surface area contributed by atoms with Gasteiger partial charge in [-0.1, -0.05) is 12.5 Å². The summed E-state index contributed by atoms with van der Waals surface area (Å²) in [5, 5.41) is 2.99. The SMILES string of the molecule is O=C(CN1CCCCCC1=O)NC1CCCOc2cc(F)ccc21. The predicted octanol–water partition coefficient (Wildman–Crippen LogP) is 2.56. The smallest absolute Gasteiger partial charge is 0.240 e. The summed E-state index contributed by atoms with van der Waals surface area (Å²) in [5.41, 5.74) is 0.796. The summed E-state index contributed by atoms with van der Waals surface area (Å²) in [6, 6.07) is 4.19. The first-order chi connectivity index (χ1) is 11.6. The minimum atomic E-state index is -0.351. The molecule has 0 saturated carbocycles. The Morgan fingerprint density at radius 1 is 1.29 bits per heavy atom. The van der Waals surface area contributed by atoms with Gasteiger partial charge in [0.1, 0.15) is 11.6 Å². The summed E-state index contributed by atoms with van der Waals surface area (Å²) >= 11 is 0. The normalized spacial score (nSPS) is 21.3. The Morgan fingerprint density at radius 3 is 3.04 bits per heavy atom. The van der Waals surface area contributed by atoms with Gasteiger partial charge in [0.2, 0.25) is 11.8 Å². The number of nitrogens with one attached hydrogen (secondary N) is 1. The number of carbonyl (C=O) groups excluding carboxylic acids is 2. The average molecular weight is 334 g/mol. The number of halogens is 1. The summed E-state index contributed by atoms with van der Waals surface area (Å²) in [5.74, 6) is 0.0151. The van der Waals surface area contributed by atoms with Gasteiger partial charge in [0.15, 0.2) is 0 Å². The van der Waals surface area contributed by atoms with Gasteiger partial charge in [-0.25, -0.2) is 4.39 Å². The van der Waals surface area contributed by atoms with Crippen LogP contribution in [0.4, 0.5) is 4.39 Å². The monoisotopic (exact) mass is 334 g/mol. The number of amides is 2. The van der Waals surface area contributed by atoms with Gasteiger partial charge in [-0.3, -0.25) is 9.59 Å². The third kappa shape index (κ3) is 4.04. The number of nitrogens with zero attached hydrogens (tertiary/aromatic N) is 1. The summed E-state index contributed by atoms with van der Waals surface area (Å²) in [7, 11) is 0. The molecule has 1 aromatic carbocycles. The summed E-state index contributed by atoms with van der Waals surface area (Å²) in [4.78, 5) is 26.1. The summed E-state index contributed by atoms with van der Waals surface area (Å²) in [6.45, 7) is 1.24. The zero-order valence-corrected chi connectivity index (χ0v) is 13.7. The first-order valence-corrected chi connectivity index (χ1v) is 8.63. The Kier molecular flexibility index (Phi) is 5.33. The molecule has 2 heterocycles. The highest BCUT2D eigenvalue weighted by Crippen LogP contribution is 2.32. The van der Waals surface area contributed by atoms with E-state index in [4.69, 9.17) is 4.74 Å². The second-order valence-electron chi connectivity index (χ2n) is 6.42. The number of ether oxygens (including phenoxy) is 1. The number of hydrogen-bond donors (Lipinski definition) is 1. The van der Waals surface area contributed by atoms with Crippen LogP contribution in [0.5, 0.6) is 5.75 Å². The number of hydrogen-bond acceptors (Lipinski definition) is 3. The molecule has 1 aromatic rings. The molecule has 0 aliphatic carbocycles. The summed E-state index contributed by atoms with van der Waals surface area (Å²) < 4.78 is 19.0. The van der Waals surface area contributed by atoms with Crippen LogP contribution in [0, 0.1) is 5.82 Å². The standard InChI is InChI=1S/C18H23FN2O3/c19-13-7-8-14-15(5-4-10-24-16(14)11-13)20-17(22)12-21-9-3-1-2-6-18(21)23/h7-8,11,15H,1-6,9-10,12H2,(H,20,22). The van der Waals surface area contributed by atoms with Crippen LogP contribution in [-0.4, -0.2) is 36.4 Å². The lowest BCUT2D eigenvalue weighted by atomic mass is 10.0. The van der Waals surface area contributed by atoms with Crippen molar-refractivity contribution in [2.75, 3.05) is 19.7 Å². The molecule has 1 saturated heterocycles. The van der Waals surface area contributed by atoms with Crippen molar-refractivity contribution in [2.24, 2.45) is 0 Å². The Balaban J connectivity index is 1.66. The minimum Gasteiger partial charge on any atom is -0.493 e. The van der Waals surface area contributed by atoms with E-state index < -0.39 is 0 Å². The molecule has 130 valence electrons. The number of benzene rings is 1. The van der Waals surface area contributed by atoms with Gasteiger partial charge < -0.3 is 15.0 Å². The molecule has 1 N–H and O–H groups in total. The highest BCUT2D eigenvalue weighted by Gasteiger charge is 2.24. The quantitative estimate of drug-likeness (QED) is 0.924. The molecule has 3 rings (SSSR count). The van der Waals surface area contributed by atoms with Gasteiger partial charge in [-0.2, -0.15) is 0 Å². The van der Waals surface area contributed by atoms with Gasteiger partial charge in [0.25, 0.3) is 0 Å².